The number of fused-ring (bicyclic) bond motifs is 3. The molecule has 0 unspecified atom stereocenters. The molecule has 0 spiro atoms. The molecule has 0 radical (unpaired) electrons. The van der Waals surface area contributed by atoms with Crippen molar-refractivity contribution in [2.24, 2.45) is 4.99 Å². The molecular formula is C13H9F3N2O. The van der Waals surface area contributed by atoms with Gasteiger partial charge in [-0.1, -0.05) is 6.07 Å². The third-order valence-electron chi connectivity index (χ3n) is 3.30. The molecule has 0 bridgehead atoms. The van der Waals surface area contributed by atoms with Crippen LogP contribution in [-0.4, -0.2) is 18.2 Å². The zero-order valence-electron chi connectivity index (χ0n) is 9.61. The molecule has 1 N–H and O–H groups in total. The highest BCUT2D eigenvalue weighted by Crippen LogP contribution is 2.35. The second-order valence-corrected chi connectivity index (χ2v) is 4.46. The normalized spacial score (nSPS) is 24.7. The van der Waals surface area contributed by atoms with Gasteiger partial charge in [0.2, 0.25) is 0 Å². The van der Waals surface area contributed by atoms with E-state index in [1.54, 1.807) is 18.5 Å². The molecule has 3 nitrogen and oxygen atoms in total. The van der Waals surface area contributed by atoms with E-state index in [2.05, 4.69) is 10.3 Å². The lowest BCUT2D eigenvalue weighted by atomic mass is 9.83. The number of amides is 1. The van der Waals surface area contributed by atoms with Gasteiger partial charge < -0.3 is 5.32 Å². The van der Waals surface area contributed by atoms with Gasteiger partial charge in [0.15, 0.2) is 0 Å². The Balaban J connectivity index is 2.11. The summed E-state index contributed by atoms with van der Waals surface area (Å²) in [6.45, 7) is 0. The Hall–Kier alpha value is -2.11. The molecule has 2 aliphatic heterocycles. The maximum absolute atomic E-state index is 12.6. The average molecular weight is 266 g/mol. The fourth-order valence-electron chi connectivity index (χ4n) is 2.36. The van der Waals surface area contributed by atoms with Crippen LogP contribution in [0.25, 0.3) is 0 Å². The van der Waals surface area contributed by atoms with Crippen LogP contribution in [0.3, 0.4) is 0 Å². The number of aliphatic imine (C=N–C) groups is 1. The van der Waals surface area contributed by atoms with Gasteiger partial charge in [-0.15, -0.1) is 0 Å². The second kappa shape index (κ2) is 3.94. The van der Waals surface area contributed by atoms with E-state index in [0.29, 0.717) is 5.56 Å². The fourth-order valence-corrected chi connectivity index (χ4v) is 2.36. The SMILES string of the molecule is O=C1N[C@H]2C=CN=C[C@H]2c2ccc(C(F)(F)F)cc21. The van der Waals surface area contributed by atoms with Crippen LogP contribution in [0.2, 0.25) is 0 Å². The van der Waals surface area contributed by atoms with Crippen LogP contribution in [0.5, 0.6) is 0 Å². The lowest BCUT2D eigenvalue weighted by molar-refractivity contribution is -0.137. The first-order valence-corrected chi connectivity index (χ1v) is 5.69. The Morgan fingerprint density at radius 2 is 2.05 bits per heavy atom. The number of nitrogens with one attached hydrogen (secondary N) is 1. The van der Waals surface area contributed by atoms with Gasteiger partial charge in [0, 0.05) is 23.9 Å². The molecule has 3 rings (SSSR count). The summed E-state index contributed by atoms with van der Waals surface area (Å²) >= 11 is 0. The van der Waals surface area contributed by atoms with E-state index in [-0.39, 0.29) is 17.5 Å². The quantitative estimate of drug-likeness (QED) is 0.770. The molecule has 1 aromatic rings. The Bertz CT molecular complexity index is 604. The predicted molar refractivity (Wildman–Crippen MR) is 63.1 cm³/mol. The van der Waals surface area contributed by atoms with Crippen LogP contribution in [0, 0.1) is 0 Å². The number of hydrogen-bond donors (Lipinski definition) is 1. The predicted octanol–water partition coefficient (Wildman–Crippen LogP) is 2.50. The fraction of sp³-hybridized carbons (Fsp3) is 0.231. The molecular weight excluding hydrogens is 257 g/mol. The van der Waals surface area contributed by atoms with E-state index in [4.69, 9.17) is 0 Å². The van der Waals surface area contributed by atoms with E-state index in [0.717, 1.165) is 12.1 Å². The van der Waals surface area contributed by atoms with E-state index in [1.807, 2.05) is 0 Å². The topological polar surface area (TPSA) is 41.5 Å². The molecule has 19 heavy (non-hydrogen) atoms. The van der Waals surface area contributed by atoms with Crippen molar-refractivity contribution in [1.29, 1.82) is 0 Å². The molecule has 2 heterocycles. The number of carbonyl (C=O) groups excluding carboxylic acids is 1. The summed E-state index contributed by atoms with van der Waals surface area (Å²) in [5, 5.41) is 2.67. The molecule has 0 saturated heterocycles. The van der Waals surface area contributed by atoms with E-state index in [9.17, 15) is 18.0 Å². The molecule has 0 saturated carbocycles. The summed E-state index contributed by atoms with van der Waals surface area (Å²) in [5.41, 5.74) is -0.171. The molecule has 0 aromatic heterocycles. The maximum Gasteiger partial charge on any atom is 0.416 e. The third-order valence-corrected chi connectivity index (χ3v) is 3.30. The largest absolute Gasteiger partial charge is 0.416 e. The first-order chi connectivity index (χ1) is 8.97. The van der Waals surface area contributed by atoms with Crippen LogP contribution >= 0.6 is 0 Å². The van der Waals surface area contributed by atoms with Gasteiger partial charge in [0.1, 0.15) is 0 Å². The first kappa shape index (κ1) is 12.0. The van der Waals surface area contributed by atoms with Gasteiger partial charge in [0.05, 0.1) is 11.6 Å². The van der Waals surface area contributed by atoms with Crippen molar-refractivity contribution in [2.75, 3.05) is 0 Å². The number of benzene rings is 1. The maximum atomic E-state index is 12.6. The minimum atomic E-state index is -4.45. The minimum Gasteiger partial charge on any atom is -0.345 e. The molecule has 1 aromatic carbocycles. The number of hydrogen-bond acceptors (Lipinski definition) is 2. The van der Waals surface area contributed by atoms with Gasteiger partial charge >= 0.3 is 6.18 Å². The highest BCUT2D eigenvalue weighted by atomic mass is 19.4. The van der Waals surface area contributed by atoms with Crippen molar-refractivity contribution < 1.29 is 18.0 Å². The summed E-state index contributed by atoms with van der Waals surface area (Å²) < 4.78 is 37.9. The zero-order chi connectivity index (χ0) is 13.6. The van der Waals surface area contributed by atoms with Crippen LogP contribution in [0.1, 0.15) is 27.4 Å². The average Bonchev–Trinajstić information content (AvgIpc) is 2.37. The summed E-state index contributed by atoms with van der Waals surface area (Å²) in [6.07, 6.45) is 0.475. The van der Waals surface area contributed by atoms with E-state index in [1.165, 1.54) is 6.07 Å². The molecule has 2 aliphatic rings. The van der Waals surface area contributed by atoms with Crippen LogP contribution < -0.4 is 5.32 Å². The van der Waals surface area contributed by atoms with Crippen molar-refractivity contribution >= 4 is 12.1 Å². The van der Waals surface area contributed by atoms with Gasteiger partial charge in [-0.05, 0) is 23.8 Å². The van der Waals surface area contributed by atoms with Crippen LogP contribution in [-0.2, 0) is 6.18 Å². The monoisotopic (exact) mass is 266 g/mol. The zero-order valence-corrected chi connectivity index (χ0v) is 9.61. The minimum absolute atomic E-state index is 0.0674. The van der Waals surface area contributed by atoms with Crippen molar-refractivity contribution in [3.63, 3.8) is 0 Å². The molecule has 2 atom stereocenters. The number of halogens is 3. The van der Waals surface area contributed by atoms with Gasteiger partial charge in [-0.3, -0.25) is 9.79 Å². The summed E-state index contributed by atoms with van der Waals surface area (Å²) in [4.78, 5) is 15.8. The summed E-state index contributed by atoms with van der Waals surface area (Å²) in [5.74, 6) is -0.692. The van der Waals surface area contributed by atoms with Gasteiger partial charge in [-0.25, -0.2) is 0 Å². The molecule has 0 aliphatic carbocycles. The van der Waals surface area contributed by atoms with E-state index < -0.39 is 17.6 Å². The molecule has 0 fully saturated rings. The van der Waals surface area contributed by atoms with Crippen molar-refractivity contribution in [2.45, 2.75) is 18.1 Å². The summed E-state index contributed by atoms with van der Waals surface area (Å²) in [6, 6.07) is 3.02. The van der Waals surface area contributed by atoms with Crippen molar-refractivity contribution in [1.82, 2.24) is 5.32 Å². The Morgan fingerprint density at radius 3 is 2.79 bits per heavy atom. The molecule has 1 amide bonds. The van der Waals surface area contributed by atoms with Gasteiger partial charge in [0.25, 0.3) is 5.91 Å². The lowest BCUT2D eigenvalue weighted by Gasteiger charge is -2.31. The number of rotatable bonds is 0. The highest BCUT2D eigenvalue weighted by Gasteiger charge is 2.36. The van der Waals surface area contributed by atoms with Gasteiger partial charge in [-0.2, -0.15) is 13.2 Å². The highest BCUT2D eigenvalue weighted by molar-refractivity contribution is 6.00. The summed E-state index contributed by atoms with van der Waals surface area (Å²) in [7, 11) is 0. The van der Waals surface area contributed by atoms with Crippen molar-refractivity contribution in [3.8, 4) is 0 Å². The van der Waals surface area contributed by atoms with Crippen LogP contribution in [0.15, 0.2) is 35.5 Å². The van der Waals surface area contributed by atoms with Crippen LogP contribution in [0.4, 0.5) is 13.2 Å². The number of nitrogens with zero attached hydrogens (tertiary/aromatic N) is 1. The standard InChI is InChI=1S/C13H9F3N2O/c14-13(15,16)7-1-2-8-9(5-7)12(19)18-11-3-4-17-6-10(8)11/h1-6,10-11H,(H,18,19)/t10-,11-/m0/s1. The molecule has 98 valence electrons. The smallest absolute Gasteiger partial charge is 0.345 e. The first-order valence-electron chi connectivity index (χ1n) is 5.69. The Kier molecular flexibility index (Phi) is 2.48. The second-order valence-electron chi connectivity index (χ2n) is 4.46. The number of alkyl halides is 3. The lowest BCUT2D eigenvalue weighted by Crippen LogP contribution is -2.44. The number of carbonyl (C=O) groups is 1. The van der Waals surface area contributed by atoms with Crippen molar-refractivity contribution in [3.05, 3.63) is 47.2 Å². The third kappa shape index (κ3) is 1.93. The Labute approximate surface area is 106 Å². The Morgan fingerprint density at radius 1 is 1.26 bits per heavy atom. The molecule has 6 heteroatoms. The van der Waals surface area contributed by atoms with E-state index >= 15 is 0 Å².